The summed E-state index contributed by atoms with van der Waals surface area (Å²) in [6.07, 6.45) is 1.38. The Bertz CT molecular complexity index is 756. The van der Waals surface area contributed by atoms with Crippen molar-refractivity contribution < 1.29 is 19.0 Å². The van der Waals surface area contributed by atoms with Crippen LogP contribution in [0.1, 0.15) is 11.1 Å². The van der Waals surface area contributed by atoms with Crippen LogP contribution in [0.4, 0.5) is 0 Å². The lowest BCUT2D eigenvalue weighted by Gasteiger charge is -2.13. The third-order valence-corrected chi connectivity index (χ3v) is 4.34. The molecule has 24 heavy (non-hydrogen) atoms. The number of carbonyl (C=O) groups is 1. The minimum atomic E-state index is -0.464. The fraction of sp³-hybridized carbons (Fsp3) is 0.167. The Labute approximate surface area is 157 Å². The van der Waals surface area contributed by atoms with Crippen LogP contribution in [-0.4, -0.2) is 20.2 Å². The highest BCUT2D eigenvalue weighted by molar-refractivity contribution is 9.11. The SMILES string of the molecule is COC=C(C(=O)OC)c1ccccc1COc1ccc(Br)cc1Br. The lowest BCUT2D eigenvalue weighted by molar-refractivity contribution is -0.133. The summed E-state index contributed by atoms with van der Waals surface area (Å²) in [5, 5.41) is 0. The minimum Gasteiger partial charge on any atom is -0.503 e. The van der Waals surface area contributed by atoms with Gasteiger partial charge in [0.05, 0.1) is 25.0 Å². The number of ether oxygens (including phenoxy) is 3. The second-order valence-corrected chi connectivity index (χ2v) is 6.55. The van der Waals surface area contributed by atoms with E-state index in [1.54, 1.807) is 0 Å². The van der Waals surface area contributed by atoms with Crippen molar-refractivity contribution in [2.45, 2.75) is 6.61 Å². The molecule has 2 aromatic rings. The van der Waals surface area contributed by atoms with Crippen LogP contribution in [0.3, 0.4) is 0 Å². The highest BCUT2D eigenvalue weighted by Crippen LogP contribution is 2.30. The van der Waals surface area contributed by atoms with Gasteiger partial charge in [-0.05, 0) is 45.3 Å². The van der Waals surface area contributed by atoms with Gasteiger partial charge in [-0.25, -0.2) is 4.79 Å². The Morgan fingerprint density at radius 3 is 2.54 bits per heavy atom. The average molecular weight is 456 g/mol. The normalized spacial score (nSPS) is 11.1. The molecule has 0 aliphatic carbocycles. The predicted molar refractivity (Wildman–Crippen MR) is 99.6 cm³/mol. The van der Waals surface area contributed by atoms with Gasteiger partial charge >= 0.3 is 5.97 Å². The lowest BCUT2D eigenvalue weighted by atomic mass is 10.0. The van der Waals surface area contributed by atoms with E-state index < -0.39 is 5.97 Å². The molecule has 6 heteroatoms. The van der Waals surface area contributed by atoms with Gasteiger partial charge < -0.3 is 14.2 Å². The summed E-state index contributed by atoms with van der Waals surface area (Å²) in [4.78, 5) is 12.0. The molecule has 0 radical (unpaired) electrons. The van der Waals surface area contributed by atoms with Crippen LogP contribution in [-0.2, 0) is 20.9 Å². The van der Waals surface area contributed by atoms with Crippen LogP contribution in [0.5, 0.6) is 5.75 Å². The van der Waals surface area contributed by atoms with Crippen LogP contribution < -0.4 is 4.74 Å². The zero-order valence-corrected chi connectivity index (χ0v) is 16.4. The van der Waals surface area contributed by atoms with E-state index in [2.05, 4.69) is 31.9 Å². The topological polar surface area (TPSA) is 44.8 Å². The number of hydrogen-bond donors (Lipinski definition) is 0. The zero-order chi connectivity index (χ0) is 17.5. The zero-order valence-electron chi connectivity index (χ0n) is 13.2. The summed E-state index contributed by atoms with van der Waals surface area (Å²) in [6, 6.07) is 13.1. The molecule has 0 aliphatic heterocycles. The first-order chi connectivity index (χ1) is 11.6. The van der Waals surface area contributed by atoms with Gasteiger partial charge in [-0.1, -0.05) is 40.2 Å². The number of esters is 1. The van der Waals surface area contributed by atoms with Gasteiger partial charge in [0.25, 0.3) is 0 Å². The van der Waals surface area contributed by atoms with E-state index in [9.17, 15) is 4.79 Å². The Balaban J connectivity index is 2.28. The first kappa shape index (κ1) is 18.5. The largest absolute Gasteiger partial charge is 0.503 e. The van der Waals surface area contributed by atoms with E-state index in [1.165, 1.54) is 20.5 Å². The second-order valence-electron chi connectivity index (χ2n) is 4.78. The Morgan fingerprint density at radius 1 is 1.12 bits per heavy atom. The number of carbonyl (C=O) groups excluding carboxylic acids is 1. The molecule has 2 rings (SSSR count). The van der Waals surface area contributed by atoms with Gasteiger partial charge in [-0.2, -0.15) is 0 Å². The minimum absolute atomic E-state index is 0.300. The van der Waals surface area contributed by atoms with Crippen LogP contribution in [0.15, 0.2) is 57.7 Å². The Hall–Kier alpha value is -1.79. The Morgan fingerprint density at radius 2 is 1.88 bits per heavy atom. The van der Waals surface area contributed by atoms with Crippen molar-refractivity contribution in [3.63, 3.8) is 0 Å². The number of benzene rings is 2. The maximum absolute atomic E-state index is 12.0. The second kappa shape index (κ2) is 8.89. The van der Waals surface area contributed by atoms with Gasteiger partial charge in [0.15, 0.2) is 0 Å². The summed E-state index contributed by atoms with van der Waals surface area (Å²) in [5.74, 6) is 0.248. The fourth-order valence-corrected chi connectivity index (χ4v) is 3.27. The van der Waals surface area contributed by atoms with Gasteiger partial charge in [-0.3, -0.25) is 0 Å². The van der Waals surface area contributed by atoms with E-state index in [-0.39, 0.29) is 0 Å². The predicted octanol–water partition coefficient (Wildman–Crippen LogP) is 4.95. The van der Waals surface area contributed by atoms with Crippen molar-refractivity contribution >= 4 is 43.4 Å². The molecule has 0 atom stereocenters. The molecule has 0 fully saturated rings. The Kier molecular flexibility index (Phi) is 6.87. The molecule has 2 aromatic carbocycles. The molecule has 0 spiro atoms. The van der Waals surface area contributed by atoms with Gasteiger partial charge in [0, 0.05) is 4.47 Å². The summed E-state index contributed by atoms with van der Waals surface area (Å²) in [5.41, 5.74) is 1.90. The molecule has 0 unspecified atom stereocenters. The molecule has 0 aromatic heterocycles. The van der Waals surface area contributed by atoms with Crippen LogP contribution >= 0.6 is 31.9 Å². The van der Waals surface area contributed by atoms with Gasteiger partial charge in [-0.15, -0.1) is 0 Å². The monoisotopic (exact) mass is 454 g/mol. The first-order valence-electron chi connectivity index (χ1n) is 7.04. The molecule has 0 saturated carbocycles. The smallest absolute Gasteiger partial charge is 0.341 e. The summed E-state index contributed by atoms with van der Waals surface area (Å²) < 4.78 is 17.5. The van der Waals surface area contributed by atoms with Crippen molar-refractivity contribution in [3.8, 4) is 5.75 Å². The van der Waals surface area contributed by atoms with Crippen LogP contribution in [0, 0.1) is 0 Å². The first-order valence-corrected chi connectivity index (χ1v) is 8.62. The van der Waals surface area contributed by atoms with Crippen molar-refractivity contribution in [2.75, 3.05) is 14.2 Å². The quantitative estimate of drug-likeness (QED) is 0.351. The summed E-state index contributed by atoms with van der Waals surface area (Å²) in [6.45, 7) is 0.300. The highest BCUT2D eigenvalue weighted by Gasteiger charge is 2.17. The third kappa shape index (κ3) is 4.61. The van der Waals surface area contributed by atoms with Crippen molar-refractivity contribution in [1.29, 1.82) is 0 Å². The number of hydrogen-bond acceptors (Lipinski definition) is 4. The van der Waals surface area contributed by atoms with Crippen LogP contribution in [0.2, 0.25) is 0 Å². The molecule has 4 nitrogen and oxygen atoms in total. The van der Waals surface area contributed by atoms with E-state index in [1.807, 2.05) is 42.5 Å². The maximum atomic E-state index is 12.0. The highest BCUT2D eigenvalue weighted by atomic mass is 79.9. The molecule has 0 amide bonds. The van der Waals surface area contributed by atoms with Crippen molar-refractivity contribution in [2.24, 2.45) is 0 Å². The van der Waals surface area contributed by atoms with Gasteiger partial charge in [0.1, 0.15) is 17.9 Å². The standard InChI is InChI=1S/C18H16Br2O4/c1-22-11-15(18(21)23-2)14-6-4-3-5-12(14)10-24-17-8-7-13(19)9-16(17)20/h3-9,11H,10H2,1-2H3. The number of halogens is 2. The lowest BCUT2D eigenvalue weighted by Crippen LogP contribution is -2.08. The third-order valence-electron chi connectivity index (χ3n) is 3.23. The van der Waals surface area contributed by atoms with E-state index >= 15 is 0 Å². The molecule has 0 saturated heterocycles. The molecule has 0 N–H and O–H groups in total. The molecule has 0 heterocycles. The molecular formula is C18H16Br2O4. The number of methoxy groups -OCH3 is 2. The van der Waals surface area contributed by atoms with Gasteiger partial charge in [0.2, 0.25) is 0 Å². The van der Waals surface area contributed by atoms with E-state index in [0.717, 1.165) is 14.5 Å². The van der Waals surface area contributed by atoms with E-state index in [4.69, 9.17) is 14.2 Å². The van der Waals surface area contributed by atoms with Crippen molar-refractivity contribution in [1.82, 2.24) is 0 Å². The molecule has 126 valence electrons. The summed E-state index contributed by atoms with van der Waals surface area (Å²) >= 11 is 6.87. The average Bonchev–Trinajstić information content (AvgIpc) is 2.59. The molecule has 0 bridgehead atoms. The molecular weight excluding hydrogens is 440 g/mol. The van der Waals surface area contributed by atoms with Crippen molar-refractivity contribution in [3.05, 3.63) is 68.8 Å². The number of rotatable bonds is 6. The molecule has 0 aliphatic rings. The van der Waals surface area contributed by atoms with Crippen LogP contribution in [0.25, 0.3) is 5.57 Å². The fourth-order valence-electron chi connectivity index (χ4n) is 2.11. The maximum Gasteiger partial charge on any atom is 0.341 e. The summed E-state index contributed by atoms with van der Waals surface area (Å²) in [7, 11) is 2.82. The van der Waals surface area contributed by atoms with E-state index in [0.29, 0.717) is 23.5 Å².